The molecule has 1 N–H and O–H groups in total. The lowest BCUT2D eigenvalue weighted by Crippen LogP contribution is -2.42. The summed E-state index contributed by atoms with van der Waals surface area (Å²) in [7, 11) is 0. The molecule has 1 aliphatic heterocycles. The van der Waals surface area contributed by atoms with Crippen LogP contribution in [0.5, 0.6) is 5.75 Å². The van der Waals surface area contributed by atoms with Gasteiger partial charge in [0.15, 0.2) is 5.60 Å². The molecular weight excluding hydrogens is 404 g/mol. The van der Waals surface area contributed by atoms with Gasteiger partial charge in [0.25, 0.3) is 5.91 Å². The molecular formula is C22H27BrN2O2. The van der Waals surface area contributed by atoms with Crippen molar-refractivity contribution in [3.05, 3.63) is 53.0 Å². The Morgan fingerprint density at radius 1 is 1.11 bits per heavy atom. The standard InChI is InChI=1S/C22H27BrN2O2/c1-16-6-4-5-15-25(16)19-11-9-18(10-12-19)24-21(26)22(2,3)27-20-13-7-17(23)8-14-20/h7-14,16H,4-6,15H2,1-3H3,(H,24,26)/t16-/m1/s1. The molecule has 0 spiro atoms. The fourth-order valence-corrected chi connectivity index (χ4v) is 3.61. The summed E-state index contributed by atoms with van der Waals surface area (Å²) in [5.41, 5.74) is 1.01. The highest BCUT2D eigenvalue weighted by Crippen LogP contribution is 2.27. The Bertz CT molecular complexity index is 772. The summed E-state index contributed by atoms with van der Waals surface area (Å²) >= 11 is 3.40. The number of ether oxygens (including phenoxy) is 1. The molecule has 1 aliphatic rings. The molecule has 1 amide bonds. The van der Waals surface area contributed by atoms with E-state index in [0.717, 1.165) is 16.7 Å². The zero-order valence-corrected chi connectivity index (χ0v) is 17.8. The lowest BCUT2D eigenvalue weighted by molar-refractivity contribution is -0.128. The van der Waals surface area contributed by atoms with Gasteiger partial charge in [-0.2, -0.15) is 0 Å². The molecule has 0 saturated carbocycles. The highest BCUT2D eigenvalue weighted by Gasteiger charge is 2.30. The first kappa shape index (κ1) is 19.7. The maximum atomic E-state index is 12.7. The zero-order valence-electron chi connectivity index (χ0n) is 16.2. The van der Waals surface area contributed by atoms with Gasteiger partial charge in [-0.1, -0.05) is 15.9 Å². The molecule has 0 unspecified atom stereocenters. The Kier molecular flexibility index (Phi) is 6.10. The zero-order chi connectivity index (χ0) is 19.4. The van der Waals surface area contributed by atoms with Crippen LogP contribution in [0.4, 0.5) is 11.4 Å². The Morgan fingerprint density at radius 3 is 2.41 bits per heavy atom. The number of halogens is 1. The molecule has 5 heteroatoms. The molecule has 2 aromatic carbocycles. The van der Waals surface area contributed by atoms with E-state index in [1.165, 1.54) is 24.9 Å². The van der Waals surface area contributed by atoms with E-state index in [1.807, 2.05) is 36.4 Å². The van der Waals surface area contributed by atoms with Crippen molar-refractivity contribution >= 4 is 33.2 Å². The fourth-order valence-electron chi connectivity index (χ4n) is 3.34. The van der Waals surface area contributed by atoms with Gasteiger partial charge in [-0.15, -0.1) is 0 Å². The third-order valence-corrected chi connectivity index (χ3v) is 5.52. The third kappa shape index (κ3) is 5.04. The van der Waals surface area contributed by atoms with Gasteiger partial charge in [0, 0.05) is 28.4 Å². The molecule has 0 bridgehead atoms. The molecule has 4 nitrogen and oxygen atoms in total. The SMILES string of the molecule is C[C@@H]1CCCCN1c1ccc(NC(=O)C(C)(C)Oc2ccc(Br)cc2)cc1. The summed E-state index contributed by atoms with van der Waals surface area (Å²) in [5.74, 6) is 0.484. The van der Waals surface area contributed by atoms with Crippen molar-refractivity contribution in [2.75, 3.05) is 16.8 Å². The van der Waals surface area contributed by atoms with Crippen molar-refractivity contribution in [1.29, 1.82) is 0 Å². The van der Waals surface area contributed by atoms with Gasteiger partial charge >= 0.3 is 0 Å². The number of carbonyl (C=O) groups is 1. The predicted molar refractivity (Wildman–Crippen MR) is 115 cm³/mol. The monoisotopic (exact) mass is 430 g/mol. The summed E-state index contributed by atoms with van der Waals surface area (Å²) < 4.78 is 6.86. The maximum absolute atomic E-state index is 12.7. The van der Waals surface area contributed by atoms with Gasteiger partial charge < -0.3 is 15.0 Å². The molecule has 3 rings (SSSR count). The molecule has 0 aliphatic carbocycles. The molecule has 144 valence electrons. The van der Waals surface area contributed by atoms with Gasteiger partial charge in [0.05, 0.1) is 0 Å². The number of piperidine rings is 1. The summed E-state index contributed by atoms with van der Waals surface area (Å²) in [4.78, 5) is 15.1. The Balaban J connectivity index is 1.63. The Labute approximate surface area is 170 Å². The van der Waals surface area contributed by atoms with Crippen molar-refractivity contribution in [2.45, 2.75) is 51.7 Å². The molecule has 1 fully saturated rings. The van der Waals surface area contributed by atoms with Crippen molar-refractivity contribution in [1.82, 2.24) is 0 Å². The average molecular weight is 431 g/mol. The summed E-state index contributed by atoms with van der Waals surface area (Å²) in [5, 5.41) is 2.96. The number of nitrogens with zero attached hydrogens (tertiary/aromatic N) is 1. The van der Waals surface area contributed by atoms with Crippen molar-refractivity contribution in [3.8, 4) is 5.75 Å². The Morgan fingerprint density at radius 2 is 1.78 bits per heavy atom. The lowest BCUT2D eigenvalue weighted by atomic mass is 10.0. The van der Waals surface area contributed by atoms with E-state index in [2.05, 4.69) is 45.2 Å². The number of amides is 1. The molecule has 27 heavy (non-hydrogen) atoms. The van der Waals surface area contributed by atoms with E-state index < -0.39 is 5.60 Å². The minimum Gasteiger partial charge on any atom is -0.478 e. The van der Waals surface area contributed by atoms with Crippen LogP contribution in [0, 0.1) is 0 Å². The summed E-state index contributed by atoms with van der Waals surface area (Å²) in [6, 6.07) is 16.1. The highest BCUT2D eigenvalue weighted by atomic mass is 79.9. The Hall–Kier alpha value is -2.01. The molecule has 0 aromatic heterocycles. The van der Waals surface area contributed by atoms with E-state index in [9.17, 15) is 4.79 Å². The topological polar surface area (TPSA) is 41.6 Å². The smallest absolute Gasteiger partial charge is 0.267 e. The van der Waals surface area contributed by atoms with Crippen LogP contribution >= 0.6 is 15.9 Å². The fraction of sp³-hybridized carbons (Fsp3) is 0.409. The summed E-state index contributed by atoms with van der Waals surface area (Å²) in [6.45, 7) is 6.92. The number of nitrogens with one attached hydrogen (secondary N) is 1. The van der Waals surface area contributed by atoms with E-state index >= 15 is 0 Å². The van der Waals surface area contributed by atoms with Crippen LogP contribution in [0.2, 0.25) is 0 Å². The first-order chi connectivity index (χ1) is 12.8. The van der Waals surface area contributed by atoms with Gasteiger partial charge in [-0.3, -0.25) is 4.79 Å². The van der Waals surface area contributed by atoms with Gasteiger partial charge in [0.1, 0.15) is 5.75 Å². The van der Waals surface area contributed by atoms with E-state index in [0.29, 0.717) is 11.8 Å². The first-order valence-corrected chi connectivity index (χ1v) is 10.3. The average Bonchev–Trinajstić information content (AvgIpc) is 2.65. The van der Waals surface area contributed by atoms with Gasteiger partial charge in [-0.25, -0.2) is 0 Å². The molecule has 1 saturated heterocycles. The minimum atomic E-state index is -0.978. The first-order valence-electron chi connectivity index (χ1n) is 9.48. The number of benzene rings is 2. The summed E-state index contributed by atoms with van der Waals surface area (Å²) in [6.07, 6.45) is 3.78. The maximum Gasteiger partial charge on any atom is 0.267 e. The molecule has 2 aromatic rings. The third-order valence-electron chi connectivity index (χ3n) is 4.99. The molecule has 1 heterocycles. The van der Waals surface area contributed by atoms with Crippen molar-refractivity contribution in [3.63, 3.8) is 0 Å². The van der Waals surface area contributed by atoms with E-state index in [-0.39, 0.29) is 5.91 Å². The second kappa shape index (κ2) is 8.34. The number of hydrogen-bond acceptors (Lipinski definition) is 3. The minimum absolute atomic E-state index is 0.176. The molecule has 1 atom stereocenters. The van der Waals surface area contributed by atoms with Crippen LogP contribution in [0.3, 0.4) is 0 Å². The highest BCUT2D eigenvalue weighted by molar-refractivity contribution is 9.10. The van der Waals surface area contributed by atoms with Crippen molar-refractivity contribution in [2.24, 2.45) is 0 Å². The van der Waals surface area contributed by atoms with Crippen LogP contribution in [-0.2, 0) is 4.79 Å². The lowest BCUT2D eigenvalue weighted by Gasteiger charge is -2.35. The largest absolute Gasteiger partial charge is 0.478 e. The van der Waals surface area contributed by atoms with Crippen LogP contribution < -0.4 is 15.0 Å². The quantitative estimate of drug-likeness (QED) is 0.668. The van der Waals surface area contributed by atoms with E-state index in [4.69, 9.17) is 4.74 Å². The van der Waals surface area contributed by atoms with Crippen LogP contribution in [0.25, 0.3) is 0 Å². The normalized spacial score (nSPS) is 17.5. The number of rotatable bonds is 5. The van der Waals surface area contributed by atoms with Crippen LogP contribution in [0.1, 0.15) is 40.0 Å². The van der Waals surface area contributed by atoms with Crippen LogP contribution in [-0.4, -0.2) is 24.1 Å². The number of anilines is 2. The predicted octanol–water partition coefficient (Wildman–Crippen LogP) is 5.62. The van der Waals surface area contributed by atoms with E-state index in [1.54, 1.807) is 13.8 Å². The van der Waals surface area contributed by atoms with Crippen LogP contribution in [0.15, 0.2) is 53.0 Å². The molecule has 0 radical (unpaired) electrons. The van der Waals surface area contributed by atoms with Crippen molar-refractivity contribution < 1.29 is 9.53 Å². The number of hydrogen-bond donors (Lipinski definition) is 1. The number of carbonyl (C=O) groups excluding carboxylic acids is 1. The van der Waals surface area contributed by atoms with Gasteiger partial charge in [-0.05, 0) is 88.6 Å². The second-order valence-electron chi connectivity index (χ2n) is 7.61. The van der Waals surface area contributed by atoms with Gasteiger partial charge in [0.2, 0.25) is 0 Å². The second-order valence-corrected chi connectivity index (χ2v) is 8.52.